The van der Waals surface area contributed by atoms with Gasteiger partial charge in [0, 0.05) is 13.1 Å². The van der Waals surface area contributed by atoms with E-state index >= 15 is 0 Å². The lowest BCUT2D eigenvalue weighted by Crippen LogP contribution is -2.48. The zero-order chi connectivity index (χ0) is 28.3. The second-order valence-electron chi connectivity index (χ2n) is 9.42. The van der Waals surface area contributed by atoms with Crippen molar-refractivity contribution in [3.05, 3.63) is 77.2 Å². The van der Waals surface area contributed by atoms with Crippen LogP contribution in [0.4, 0.5) is 6.01 Å². The number of sulfonamides is 1. The Bertz CT molecular complexity index is 1310. The molecule has 1 aromatic heterocycles. The van der Waals surface area contributed by atoms with Crippen molar-refractivity contribution in [3.63, 3.8) is 0 Å². The maximum atomic E-state index is 13.0. The zero-order valence-electron chi connectivity index (χ0n) is 22.6. The summed E-state index contributed by atoms with van der Waals surface area (Å²) in [4.78, 5) is 16.9. The van der Waals surface area contributed by atoms with E-state index in [0.29, 0.717) is 19.6 Å². The molecular formula is C28H38N4O6S. The number of hydrogen-bond acceptors (Lipinski definition) is 8. The van der Waals surface area contributed by atoms with Crippen molar-refractivity contribution in [2.75, 3.05) is 24.1 Å². The topological polar surface area (TPSA) is 143 Å². The van der Waals surface area contributed by atoms with Gasteiger partial charge in [-0.3, -0.25) is 4.79 Å². The number of carbonyl (C=O) groups excluding carboxylic acids is 1. The molecule has 0 radical (unpaired) electrons. The fourth-order valence-corrected chi connectivity index (χ4v) is 4.34. The SMILES string of the molecule is CCCCOc1cccc(C[C@H](NC(=O)c2coc(NS(C)(=O)=O)n2)[C@@H](O)CNCc2cccc(CC)c2)c1. The Labute approximate surface area is 230 Å². The van der Waals surface area contributed by atoms with Crippen molar-refractivity contribution in [2.24, 2.45) is 0 Å². The van der Waals surface area contributed by atoms with Crippen LogP contribution in [0.25, 0.3) is 0 Å². The third-order valence-electron chi connectivity index (χ3n) is 5.99. The monoisotopic (exact) mass is 558 g/mol. The number of oxazole rings is 1. The summed E-state index contributed by atoms with van der Waals surface area (Å²) in [5, 5.41) is 17.2. The molecule has 0 aliphatic rings. The van der Waals surface area contributed by atoms with Gasteiger partial charge < -0.3 is 24.9 Å². The van der Waals surface area contributed by atoms with E-state index in [1.807, 2.05) is 36.4 Å². The summed E-state index contributed by atoms with van der Waals surface area (Å²) in [5.41, 5.74) is 3.11. The number of rotatable bonds is 16. The summed E-state index contributed by atoms with van der Waals surface area (Å²) in [6, 6.07) is 14.8. The fraction of sp³-hybridized carbons (Fsp3) is 0.429. The predicted molar refractivity (Wildman–Crippen MR) is 150 cm³/mol. The minimum Gasteiger partial charge on any atom is -0.494 e. The third-order valence-corrected chi connectivity index (χ3v) is 6.54. The highest BCUT2D eigenvalue weighted by molar-refractivity contribution is 7.91. The lowest BCUT2D eigenvalue weighted by Gasteiger charge is -2.25. The van der Waals surface area contributed by atoms with Gasteiger partial charge in [-0.1, -0.05) is 56.7 Å². The van der Waals surface area contributed by atoms with Crippen LogP contribution in [-0.2, 0) is 29.4 Å². The Morgan fingerprint density at radius 2 is 1.85 bits per heavy atom. The van der Waals surface area contributed by atoms with Crippen molar-refractivity contribution in [3.8, 4) is 5.75 Å². The molecule has 0 saturated heterocycles. The lowest BCUT2D eigenvalue weighted by atomic mass is 10.0. The van der Waals surface area contributed by atoms with Gasteiger partial charge in [0.15, 0.2) is 5.69 Å². The van der Waals surface area contributed by atoms with Gasteiger partial charge >= 0.3 is 6.01 Å². The van der Waals surface area contributed by atoms with E-state index < -0.39 is 28.1 Å². The molecule has 39 heavy (non-hydrogen) atoms. The number of aliphatic hydroxyl groups is 1. The number of benzene rings is 2. The van der Waals surface area contributed by atoms with Gasteiger partial charge in [-0.05, 0) is 48.1 Å². The fourth-order valence-electron chi connectivity index (χ4n) is 3.93. The summed E-state index contributed by atoms with van der Waals surface area (Å²) < 4.78 is 35.8. The molecule has 3 aromatic rings. The Balaban J connectivity index is 1.70. The maximum absolute atomic E-state index is 13.0. The van der Waals surface area contributed by atoms with Crippen molar-refractivity contribution in [2.45, 2.75) is 58.2 Å². The molecule has 0 bridgehead atoms. The first-order valence-electron chi connectivity index (χ1n) is 13.1. The Kier molecular flexibility index (Phi) is 11.3. The molecule has 1 amide bonds. The quantitative estimate of drug-likeness (QED) is 0.196. The lowest BCUT2D eigenvalue weighted by molar-refractivity contribution is 0.0825. The molecule has 2 atom stereocenters. The Hall–Kier alpha value is -3.41. The highest BCUT2D eigenvalue weighted by Crippen LogP contribution is 2.17. The molecular weight excluding hydrogens is 520 g/mol. The summed E-state index contributed by atoms with van der Waals surface area (Å²) >= 11 is 0. The molecule has 0 fully saturated rings. The van der Waals surface area contributed by atoms with Crippen molar-refractivity contribution < 1.29 is 27.5 Å². The van der Waals surface area contributed by atoms with Crippen LogP contribution in [0.1, 0.15) is 53.9 Å². The van der Waals surface area contributed by atoms with Gasteiger partial charge in [0.25, 0.3) is 5.91 Å². The minimum absolute atomic E-state index is 0.112. The van der Waals surface area contributed by atoms with Crippen molar-refractivity contribution >= 4 is 21.9 Å². The number of carbonyl (C=O) groups is 1. The van der Waals surface area contributed by atoms with Crippen LogP contribution < -0.4 is 20.1 Å². The van der Waals surface area contributed by atoms with Crippen molar-refractivity contribution in [1.29, 1.82) is 0 Å². The van der Waals surface area contributed by atoms with Crippen LogP contribution in [0.15, 0.2) is 59.2 Å². The molecule has 0 unspecified atom stereocenters. The van der Waals surface area contributed by atoms with Crippen LogP contribution in [0.3, 0.4) is 0 Å². The zero-order valence-corrected chi connectivity index (χ0v) is 23.5. The molecule has 0 aliphatic heterocycles. The first kappa shape index (κ1) is 30.1. The van der Waals surface area contributed by atoms with Crippen LogP contribution in [0.5, 0.6) is 5.75 Å². The van der Waals surface area contributed by atoms with E-state index in [0.717, 1.165) is 48.7 Å². The Morgan fingerprint density at radius 3 is 2.59 bits per heavy atom. The second kappa shape index (κ2) is 14.7. The van der Waals surface area contributed by atoms with Gasteiger partial charge in [0.05, 0.1) is 25.0 Å². The molecule has 4 N–H and O–H groups in total. The molecule has 2 aromatic carbocycles. The third kappa shape index (κ3) is 10.3. The normalized spacial score (nSPS) is 13.0. The summed E-state index contributed by atoms with van der Waals surface area (Å²) in [6.45, 7) is 5.60. The number of amides is 1. The van der Waals surface area contributed by atoms with Gasteiger partial charge in [-0.25, -0.2) is 13.1 Å². The summed E-state index contributed by atoms with van der Waals surface area (Å²) in [6.07, 6.45) is 4.32. The number of unbranched alkanes of at least 4 members (excludes halogenated alkanes) is 1. The first-order valence-corrected chi connectivity index (χ1v) is 15.0. The number of anilines is 1. The summed E-state index contributed by atoms with van der Waals surface area (Å²) in [7, 11) is -3.62. The predicted octanol–water partition coefficient (Wildman–Crippen LogP) is 3.28. The van der Waals surface area contributed by atoms with E-state index in [9.17, 15) is 18.3 Å². The maximum Gasteiger partial charge on any atom is 0.309 e. The Morgan fingerprint density at radius 1 is 1.10 bits per heavy atom. The van der Waals surface area contributed by atoms with Gasteiger partial charge in [0.1, 0.15) is 12.0 Å². The number of aromatic nitrogens is 1. The van der Waals surface area contributed by atoms with Crippen LogP contribution >= 0.6 is 0 Å². The smallest absolute Gasteiger partial charge is 0.309 e. The van der Waals surface area contributed by atoms with Crippen LogP contribution in [0.2, 0.25) is 0 Å². The summed E-state index contributed by atoms with van der Waals surface area (Å²) in [5.74, 6) is 0.123. The van der Waals surface area contributed by atoms with E-state index in [2.05, 4.69) is 46.3 Å². The molecule has 10 nitrogen and oxygen atoms in total. The van der Waals surface area contributed by atoms with Crippen LogP contribution in [-0.4, -0.2) is 56.0 Å². The number of hydrogen-bond donors (Lipinski definition) is 4. The minimum atomic E-state index is -3.62. The molecule has 1 heterocycles. The highest BCUT2D eigenvalue weighted by Gasteiger charge is 2.24. The van der Waals surface area contributed by atoms with Crippen molar-refractivity contribution in [1.82, 2.24) is 15.6 Å². The number of aryl methyl sites for hydroxylation is 1. The number of nitrogens with zero attached hydrogens (tertiary/aromatic N) is 1. The highest BCUT2D eigenvalue weighted by atomic mass is 32.2. The molecule has 3 rings (SSSR count). The van der Waals surface area contributed by atoms with Gasteiger partial charge in [-0.15, -0.1) is 0 Å². The average molecular weight is 559 g/mol. The standard InChI is InChI=1S/C28H38N4O6S/c1-4-6-13-37-23-12-8-10-21(15-23)16-24(26(33)18-29-17-22-11-7-9-20(5-2)14-22)30-27(34)25-19-38-28(31-25)32-39(3,35)36/h7-12,14-15,19,24,26,29,33H,4-6,13,16-18H2,1-3H3,(H,30,34)(H,31,32)/t24-,26-/m0/s1. The number of aliphatic hydroxyl groups excluding tert-OH is 1. The van der Waals surface area contributed by atoms with E-state index in [1.165, 1.54) is 5.56 Å². The average Bonchev–Trinajstić information content (AvgIpc) is 3.36. The molecule has 212 valence electrons. The molecule has 0 spiro atoms. The molecule has 0 saturated carbocycles. The second-order valence-corrected chi connectivity index (χ2v) is 11.2. The molecule has 0 aliphatic carbocycles. The molecule has 11 heteroatoms. The number of nitrogens with one attached hydrogen (secondary N) is 3. The van der Waals surface area contributed by atoms with E-state index in [-0.39, 0.29) is 18.3 Å². The largest absolute Gasteiger partial charge is 0.494 e. The van der Waals surface area contributed by atoms with Gasteiger partial charge in [0.2, 0.25) is 10.0 Å². The van der Waals surface area contributed by atoms with E-state index in [4.69, 9.17) is 9.15 Å². The van der Waals surface area contributed by atoms with Gasteiger partial charge in [-0.2, -0.15) is 4.98 Å². The number of ether oxygens (including phenoxy) is 1. The first-order chi connectivity index (χ1) is 18.7. The van der Waals surface area contributed by atoms with Crippen LogP contribution in [0, 0.1) is 0 Å². The van der Waals surface area contributed by atoms with E-state index in [1.54, 1.807) is 0 Å².